The summed E-state index contributed by atoms with van der Waals surface area (Å²) in [6.07, 6.45) is 5.60. The topological polar surface area (TPSA) is 38.8 Å². The highest BCUT2D eigenvalue weighted by atomic mass is 32.1. The van der Waals surface area contributed by atoms with Crippen molar-refractivity contribution in [3.05, 3.63) is 21.4 Å². The van der Waals surface area contributed by atoms with E-state index < -0.39 is 0 Å². The van der Waals surface area contributed by atoms with E-state index in [2.05, 4.69) is 18.7 Å². The monoisotopic (exact) mass is 351 g/mol. The van der Waals surface area contributed by atoms with Gasteiger partial charge in [-0.1, -0.05) is 6.92 Å². The van der Waals surface area contributed by atoms with Crippen LogP contribution in [0.25, 0.3) is 0 Å². The molecule has 24 heavy (non-hydrogen) atoms. The van der Waals surface area contributed by atoms with E-state index in [9.17, 15) is 4.79 Å². The average Bonchev–Trinajstić information content (AvgIpc) is 2.95. The van der Waals surface area contributed by atoms with Gasteiger partial charge in [-0.3, -0.25) is 4.90 Å². The van der Waals surface area contributed by atoms with Gasteiger partial charge in [-0.05, 0) is 50.0 Å². The van der Waals surface area contributed by atoms with E-state index in [0.29, 0.717) is 12.0 Å². The van der Waals surface area contributed by atoms with Gasteiger partial charge in [0.15, 0.2) is 0 Å². The molecule has 1 aromatic rings. The van der Waals surface area contributed by atoms with Crippen molar-refractivity contribution in [3.63, 3.8) is 0 Å². The number of rotatable bonds is 5. The Balaban J connectivity index is 1.57. The number of hydrogen-bond acceptors (Lipinski definition) is 5. The number of carbonyl (C=O) groups is 1. The molecule has 0 spiro atoms. The number of likely N-dealkylation sites (tertiary alicyclic amines) is 1. The highest BCUT2D eigenvalue weighted by molar-refractivity contribution is 7.10. The number of methoxy groups -OCH3 is 2. The number of carbonyl (C=O) groups excluding carboxylic acids is 1. The van der Waals surface area contributed by atoms with Gasteiger partial charge in [0.2, 0.25) is 0 Å². The lowest BCUT2D eigenvalue weighted by Crippen LogP contribution is -2.56. The van der Waals surface area contributed by atoms with Crippen LogP contribution in [0.1, 0.15) is 59.3 Å². The predicted molar refractivity (Wildman–Crippen MR) is 96.9 cm³/mol. The van der Waals surface area contributed by atoms with Gasteiger partial charge < -0.3 is 9.47 Å². The quantitative estimate of drug-likeness (QED) is 0.756. The molecule has 1 aromatic heterocycles. The Morgan fingerprint density at radius 1 is 1.25 bits per heavy atom. The molecule has 3 rings (SSSR count). The van der Waals surface area contributed by atoms with Crippen LogP contribution in [0.5, 0.6) is 0 Å². The van der Waals surface area contributed by atoms with Gasteiger partial charge in [-0.15, -0.1) is 11.3 Å². The Morgan fingerprint density at radius 2 is 1.92 bits per heavy atom. The molecule has 134 valence electrons. The maximum absolute atomic E-state index is 11.8. The fourth-order valence-electron chi connectivity index (χ4n) is 4.29. The van der Waals surface area contributed by atoms with Crippen molar-refractivity contribution >= 4 is 17.3 Å². The Bertz CT molecular complexity index is 571. The SMILES string of the molecule is COC(=O)c1csc(C(C)[C@H]2CC[C@H](N3CC(OC)C3)CC2)c1C. The molecule has 0 aromatic carbocycles. The van der Waals surface area contributed by atoms with E-state index in [1.165, 1.54) is 37.7 Å². The summed E-state index contributed by atoms with van der Waals surface area (Å²) in [5.41, 5.74) is 1.86. The summed E-state index contributed by atoms with van der Waals surface area (Å²) in [4.78, 5) is 15.8. The zero-order chi connectivity index (χ0) is 17.3. The largest absolute Gasteiger partial charge is 0.465 e. The first-order chi connectivity index (χ1) is 11.5. The molecule has 0 bridgehead atoms. The van der Waals surface area contributed by atoms with Crippen molar-refractivity contribution in [1.82, 2.24) is 4.90 Å². The number of ether oxygens (including phenoxy) is 2. The summed E-state index contributed by atoms with van der Waals surface area (Å²) >= 11 is 1.72. The summed E-state index contributed by atoms with van der Waals surface area (Å²) in [5.74, 6) is 1.04. The van der Waals surface area contributed by atoms with Crippen molar-refractivity contribution in [1.29, 1.82) is 0 Å². The van der Waals surface area contributed by atoms with Crippen LogP contribution < -0.4 is 0 Å². The lowest BCUT2D eigenvalue weighted by atomic mass is 9.77. The van der Waals surface area contributed by atoms with Crippen LogP contribution in [-0.4, -0.2) is 50.3 Å². The fourth-order valence-corrected chi connectivity index (χ4v) is 5.50. The normalized spacial score (nSPS) is 26.8. The van der Waals surface area contributed by atoms with Gasteiger partial charge in [0.1, 0.15) is 0 Å². The second-order valence-electron chi connectivity index (χ2n) is 7.30. The first-order valence-electron chi connectivity index (χ1n) is 8.98. The molecule has 5 heteroatoms. The Labute approximate surface area is 149 Å². The minimum Gasteiger partial charge on any atom is -0.465 e. The van der Waals surface area contributed by atoms with Gasteiger partial charge in [-0.2, -0.15) is 0 Å². The number of esters is 1. The molecule has 1 unspecified atom stereocenters. The number of nitrogens with zero attached hydrogens (tertiary/aromatic N) is 1. The summed E-state index contributed by atoms with van der Waals surface area (Å²) in [5, 5.41) is 1.96. The van der Waals surface area contributed by atoms with Gasteiger partial charge in [0, 0.05) is 36.5 Å². The third kappa shape index (κ3) is 3.39. The highest BCUT2D eigenvalue weighted by Gasteiger charge is 2.36. The van der Waals surface area contributed by atoms with Crippen LogP contribution in [0.4, 0.5) is 0 Å². The second-order valence-corrected chi connectivity index (χ2v) is 8.21. The van der Waals surface area contributed by atoms with Crippen LogP contribution >= 0.6 is 11.3 Å². The van der Waals surface area contributed by atoms with Crippen LogP contribution in [0.15, 0.2) is 5.38 Å². The van der Waals surface area contributed by atoms with Crippen molar-refractivity contribution < 1.29 is 14.3 Å². The highest BCUT2D eigenvalue weighted by Crippen LogP contribution is 2.41. The summed E-state index contributed by atoms with van der Waals surface area (Å²) in [7, 11) is 3.26. The Hall–Kier alpha value is -0.910. The molecule has 0 amide bonds. The van der Waals surface area contributed by atoms with Gasteiger partial charge in [0.05, 0.1) is 18.8 Å². The zero-order valence-electron chi connectivity index (χ0n) is 15.2. The van der Waals surface area contributed by atoms with E-state index in [1.807, 2.05) is 12.5 Å². The molecule has 1 aliphatic carbocycles. The Morgan fingerprint density at radius 3 is 2.50 bits per heavy atom. The van der Waals surface area contributed by atoms with Gasteiger partial charge in [-0.25, -0.2) is 4.79 Å². The molecule has 4 nitrogen and oxygen atoms in total. The first-order valence-corrected chi connectivity index (χ1v) is 9.86. The second kappa shape index (κ2) is 7.54. The standard InChI is InChI=1S/C19H29NO3S/c1-12(18-13(2)17(11-24-18)19(21)23-4)14-5-7-15(8-6-14)20-9-16(10-20)22-3/h11-12,14-16H,5-10H2,1-4H3/t12?,14-,15-. The molecule has 1 aliphatic heterocycles. The molecular weight excluding hydrogens is 322 g/mol. The van der Waals surface area contributed by atoms with Crippen LogP contribution in [0.2, 0.25) is 0 Å². The third-order valence-electron chi connectivity index (χ3n) is 6.07. The van der Waals surface area contributed by atoms with Crippen LogP contribution in [-0.2, 0) is 9.47 Å². The molecule has 0 N–H and O–H groups in total. The smallest absolute Gasteiger partial charge is 0.338 e. The van der Waals surface area contributed by atoms with E-state index in [-0.39, 0.29) is 5.97 Å². The average molecular weight is 352 g/mol. The van der Waals surface area contributed by atoms with E-state index in [4.69, 9.17) is 9.47 Å². The number of thiophene rings is 1. The molecule has 0 radical (unpaired) electrons. The minimum absolute atomic E-state index is 0.212. The number of hydrogen-bond donors (Lipinski definition) is 0. The van der Waals surface area contributed by atoms with Crippen molar-refractivity contribution in [2.45, 2.75) is 57.6 Å². The van der Waals surface area contributed by atoms with E-state index >= 15 is 0 Å². The summed E-state index contributed by atoms with van der Waals surface area (Å²) < 4.78 is 10.3. The fraction of sp³-hybridized carbons (Fsp3) is 0.737. The molecule has 2 aliphatic rings. The van der Waals surface area contributed by atoms with Crippen LogP contribution in [0.3, 0.4) is 0 Å². The molecule has 2 heterocycles. The van der Waals surface area contributed by atoms with E-state index in [0.717, 1.165) is 36.2 Å². The zero-order valence-corrected chi connectivity index (χ0v) is 16.0. The first kappa shape index (κ1) is 17.9. The predicted octanol–water partition coefficient (Wildman–Crippen LogP) is 3.84. The van der Waals surface area contributed by atoms with Gasteiger partial charge >= 0.3 is 5.97 Å². The molecule has 2 fully saturated rings. The lowest BCUT2D eigenvalue weighted by molar-refractivity contribution is -0.0600. The van der Waals surface area contributed by atoms with Crippen molar-refractivity contribution in [3.8, 4) is 0 Å². The lowest BCUT2D eigenvalue weighted by Gasteiger charge is -2.46. The van der Waals surface area contributed by atoms with Gasteiger partial charge in [0.25, 0.3) is 0 Å². The molecule has 1 atom stereocenters. The Kier molecular flexibility index (Phi) is 5.63. The third-order valence-corrected chi connectivity index (χ3v) is 7.36. The van der Waals surface area contributed by atoms with E-state index in [1.54, 1.807) is 11.3 Å². The molecule has 1 saturated heterocycles. The minimum atomic E-state index is -0.212. The molecule has 1 saturated carbocycles. The maximum Gasteiger partial charge on any atom is 0.338 e. The van der Waals surface area contributed by atoms with Crippen molar-refractivity contribution in [2.75, 3.05) is 27.3 Å². The summed E-state index contributed by atoms with van der Waals surface area (Å²) in [6, 6.07) is 0.745. The molecular formula is C19H29NO3S. The maximum atomic E-state index is 11.8. The summed E-state index contributed by atoms with van der Waals surface area (Å²) in [6.45, 7) is 6.60. The van der Waals surface area contributed by atoms with Crippen molar-refractivity contribution in [2.24, 2.45) is 5.92 Å². The van der Waals surface area contributed by atoms with Crippen LogP contribution in [0, 0.1) is 12.8 Å².